The van der Waals surface area contributed by atoms with Gasteiger partial charge in [-0.2, -0.15) is 11.8 Å². The maximum Gasteiger partial charge on any atom is 0.242 e. The first-order valence-corrected chi connectivity index (χ1v) is 12.2. The zero-order valence-electron chi connectivity index (χ0n) is 17.9. The van der Waals surface area contributed by atoms with Crippen molar-refractivity contribution < 1.29 is 9.59 Å². The van der Waals surface area contributed by atoms with Crippen LogP contribution >= 0.6 is 27.7 Å². The molecule has 1 atom stereocenters. The zero-order chi connectivity index (χ0) is 21.9. The van der Waals surface area contributed by atoms with Gasteiger partial charge in [0.2, 0.25) is 11.8 Å². The van der Waals surface area contributed by atoms with Crippen molar-refractivity contribution >= 4 is 39.5 Å². The van der Waals surface area contributed by atoms with E-state index < -0.39 is 6.04 Å². The van der Waals surface area contributed by atoms with Gasteiger partial charge in [-0.1, -0.05) is 72.2 Å². The van der Waals surface area contributed by atoms with Crippen molar-refractivity contribution in [3.63, 3.8) is 0 Å². The highest BCUT2D eigenvalue weighted by atomic mass is 79.9. The first-order chi connectivity index (χ1) is 14.4. The predicted molar refractivity (Wildman–Crippen MR) is 129 cm³/mol. The first-order valence-electron chi connectivity index (χ1n) is 10.3. The number of nitrogens with zero attached hydrogens (tertiary/aromatic N) is 1. The van der Waals surface area contributed by atoms with Gasteiger partial charge in [-0.05, 0) is 36.1 Å². The molecule has 2 amide bonds. The fourth-order valence-corrected chi connectivity index (χ4v) is 4.04. The van der Waals surface area contributed by atoms with Gasteiger partial charge < -0.3 is 10.2 Å². The Kier molecular flexibility index (Phi) is 10.4. The summed E-state index contributed by atoms with van der Waals surface area (Å²) in [5, 5.41) is 2.96. The Morgan fingerprint density at radius 3 is 2.30 bits per heavy atom. The van der Waals surface area contributed by atoms with Gasteiger partial charge in [0, 0.05) is 35.5 Å². The van der Waals surface area contributed by atoms with Gasteiger partial charge in [0.15, 0.2) is 0 Å². The summed E-state index contributed by atoms with van der Waals surface area (Å²) >= 11 is 5.18. The summed E-state index contributed by atoms with van der Waals surface area (Å²) in [6.45, 7) is 6.95. The standard InChI is InChI=1S/C24H31BrN2O2S/c1-18(2)15-26-24(29)19(3)27(16-20-9-11-22(25)12-10-20)23(28)13-14-30-17-21-7-5-4-6-8-21/h4-12,18-19H,13-17H2,1-3H3,(H,26,29)/t19-/m1/s1. The zero-order valence-corrected chi connectivity index (χ0v) is 20.3. The van der Waals surface area contributed by atoms with Crippen LogP contribution in [0, 0.1) is 5.92 Å². The van der Waals surface area contributed by atoms with Gasteiger partial charge in [0.1, 0.15) is 6.04 Å². The maximum absolute atomic E-state index is 13.0. The lowest BCUT2D eigenvalue weighted by Gasteiger charge is -2.29. The number of amides is 2. The van der Waals surface area contributed by atoms with Gasteiger partial charge in [-0.15, -0.1) is 0 Å². The molecule has 0 aliphatic carbocycles. The molecule has 30 heavy (non-hydrogen) atoms. The van der Waals surface area contributed by atoms with E-state index >= 15 is 0 Å². The highest BCUT2D eigenvalue weighted by molar-refractivity contribution is 9.10. The lowest BCUT2D eigenvalue weighted by atomic mass is 10.1. The van der Waals surface area contributed by atoms with Crippen LogP contribution in [0.4, 0.5) is 0 Å². The fraction of sp³-hybridized carbons (Fsp3) is 0.417. The summed E-state index contributed by atoms with van der Waals surface area (Å²) in [6, 6.07) is 17.6. The smallest absolute Gasteiger partial charge is 0.242 e. The van der Waals surface area contributed by atoms with Crippen molar-refractivity contribution in [3.05, 3.63) is 70.2 Å². The Labute approximate surface area is 192 Å². The van der Waals surface area contributed by atoms with Crippen LogP contribution in [-0.4, -0.2) is 35.1 Å². The molecule has 0 saturated carbocycles. The minimum atomic E-state index is -0.515. The second-order valence-electron chi connectivity index (χ2n) is 7.75. The van der Waals surface area contributed by atoms with E-state index in [0.29, 0.717) is 25.4 Å². The lowest BCUT2D eigenvalue weighted by Crippen LogP contribution is -2.48. The van der Waals surface area contributed by atoms with E-state index in [9.17, 15) is 9.59 Å². The van der Waals surface area contributed by atoms with Crippen LogP contribution in [0.5, 0.6) is 0 Å². The van der Waals surface area contributed by atoms with Crippen LogP contribution in [0.1, 0.15) is 38.3 Å². The minimum absolute atomic E-state index is 0.00526. The summed E-state index contributed by atoms with van der Waals surface area (Å²) in [4.78, 5) is 27.4. The molecule has 162 valence electrons. The Bertz CT molecular complexity index is 797. The van der Waals surface area contributed by atoms with E-state index in [1.807, 2.05) is 49.4 Å². The van der Waals surface area contributed by atoms with Crippen molar-refractivity contribution in [2.24, 2.45) is 5.92 Å². The molecule has 0 aliphatic rings. The number of nitrogens with one attached hydrogen (secondary N) is 1. The Hall–Kier alpha value is -1.79. The van der Waals surface area contributed by atoms with Crippen LogP contribution in [0.25, 0.3) is 0 Å². The van der Waals surface area contributed by atoms with E-state index in [1.54, 1.807) is 16.7 Å². The third-order valence-electron chi connectivity index (χ3n) is 4.69. The van der Waals surface area contributed by atoms with Gasteiger partial charge in [-0.25, -0.2) is 0 Å². The molecule has 2 aromatic carbocycles. The molecular weight excluding hydrogens is 460 g/mol. The number of hydrogen-bond acceptors (Lipinski definition) is 3. The van der Waals surface area contributed by atoms with Crippen LogP contribution in [0.3, 0.4) is 0 Å². The number of halogens is 1. The Balaban J connectivity index is 1.98. The molecule has 0 radical (unpaired) electrons. The van der Waals surface area contributed by atoms with Gasteiger partial charge in [0.05, 0.1) is 0 Å². The molecule has 1 N–H and O–H groups in total. The predicted octanol–water partition coefficient (Wildman–Crippen LogP) is 5.26. The molecule has 4 nitrogen and oxygen atoms in total. The molecule has 0 fully saturated rings. The number of benzene rings is 2. The molecule has 2 rings (SSSR count). The monoisotopic (exact) mass is 490 g/mol. The Morgan fingerprint density at radius 1 is 1.00 bits per heavy atom. The molecule has 0 unspecified atom stereocenters. The molecule has 6 heteroatoms. The van der Waals surface area contributed by atoms with Gasteiger partial charge in [0.25, 0.3) is 0 Å². The normalized spacial score (nSPS) is 11.9. The van der Waals surface area contributed by atoms with Gasteiger partial charge >= 0.3 is 0 Å². The van der Waals surface area contributed by atoms with Crippen molar-refractivity contribution in [1.29, 1.82) is 0 Å². The number of rotatable bonds is 11. The summed E-state index contributed by atoms with van der Waals surface area (Å²) in [5.41, 5.74) is 2.26. The lowest BCUT2D eigenvalue weighted by molar-refractivity contribution is -0.140. The third-order valence-corrected chi connectivity index (χ3v) is 6.25. The van der Waals surface area contributed by atoms with Crippen LogP contribution in [-0.2, 0) is 21.9 Å². The molecule has 0 spiro atoms. The fourth-order valence-electron chi connectivity index (χ4n) is 2.89. The quantitative estimate of drug-likeness (QED) is 0.436. The summed E-state index contributed by atoms with van der Waals surface area (Å²) in [7, 11) is 0. The van der Waals surface area contributed by atoms with Gasteiger partial charge in [-0.3, -0.25) is 9.59 Å². The van der Waals surface area contributed by atoms with E-state index in [2.05, 4.69) is 47.2 Å². The molecule has 0 saturated heterocycles. The number of thioether (sulfide) groups is 1. The largest absolute Gasteiger partial charge is 0.354 e. The number of hydrogen-bond donors (Lipinski definition) is 1. The average molecular weight is 491 g/mol. The van der Waals surface area contributed by atoms with Crippen molar-refractivity contribution in [2.45, 2.75) is 45.5 Å². The highest BCUT2D eigenvalue weighted by Crippen LogP contribution is 2.17. The molecule has 0 aliphatic heterocycles. The second kappa shape index (κ2) is 12.8. The van der Waals surface area contributed by atoms with E-state index in [4.69, 9.17) is 0 Å². The van der Waals surface area contributed by atoms with Crippen LogP contribution < -0.4 is 5.32 Å². The topological polar surface area (TPSA) is 49.4 Å². The average Bonchev–Trinajstić information content (AvgIpc) is 2.74. The minimum Gasteiger partial charge on any atom is -0.354 e. The molecule has 0 bridgehead atoms. The summed E-state index contributed by atoms with van der Waals surface area (Å²) in [6.07, 6.45) is 0.413. The highest BCUT2D eigenvalue weighted by Gasteiger charge is 2.25. The van der Waals surface area contributed by atoms with Crippen molar-refractivity contribution in [1.82, 2.24) is 10.2 Å². The van der Waals surface area contributed by atoms with E-state index in [0.717, 1.165) is 21.5 Å². The van der Waals surface area contributed by atoms with E-state index in [1.165, 1.54) is 5.56 Å². The van der Waals surface area contributed by atoms with Crippen molar-refractivity contribution in [2.75, 3.05) is 12.3 Å². The third kappa shape index (κ3) is 8.52. The number of carbonyl (C=O) groups excluding carboxylic acids is 2. The Morgan fingerprint density at radius 2 is 1.67 bits per heavy atom. The summed E-state index contributed by atoms with van der Waals surface area (Å²) < 4.78 is 0.990. The molecule has 2 aromatic rings. The molecular formula is C24H31BrN2O2S. The van der Waals surface area contributed by atoms with Crippen molar-refractivity contribution in [3.8, 4) is 0 Å². The molecule has 0 heterocycles. The number of carbonyl (C=O) groups is 2. The first kappa shape index (κ1) is 24.5. The second-order valence-corrected chi connectivity index (χ2v) is 9.77. The SMILES string of the molecule is CC(C)CNC(=O)[C@@H](C)N(Cc1ccc(Br)cc1)C(=O)CCSCc1ccccc1. The molecule has 0 aromatic heterocycles. The van der Waals surface area contributed by atoms with E-state index in [-0.39, 0.29) is 11.8 Å². The van der Waals surface area contributed by atoms with Crippen LogP contribution in [0.2, 0.25) is 0 Å². The summed E-state index contributed by atoms with van der Waals surface area (Å²) in [5.74, 6) is 1.87. The maximum atomic E-state index is 13.0. The van der Waals surface area contributed by atoms with Crippen LogP contribution in [0.15, 0.2) is 59.1 Å².